The van der Waals surface area contributed by atoms with Crippen molar-refractivity contribution in [3.8, 4) is 0 Å². The lowest BCUT2D eigenvalue weighted by molar-refractivity contribution is -0.144. The Bertz CT molecular complexity index is 261. The van der Waals surface area contributed by atoms with E-state index in [-0.39, 0.29) is 5.97 Å². The summed E-state index contributed by atoms with van der Waals surface area (Å²) in [5.74, 6) is 2.10. The molecule has 1 heterocycles. The van der Waals surface area contributed by atoms with Gasteiger partial charge in [0.15, 0.2) is 0 Å². The first-order valence-electron chi connectivity index (χ1n) is 6.19. The van der Waals surface area contributed by atoms with Crippen LogP contribution in [0.3, 0.4) is 0 Å². The number of cyclic esters (lactones) is 1. The first-order valence-corrected chi connectivity index (χ1v) is 6.19. The third-order valence-corrected chi connectivity index (χ3v) is 5.11. The molecule has 0 amide bonds. The third kappa shape index (κ3) is 1.79. The molecule has 1 saturated carbocycles. The molecule has 0 unspecified atom stereocenters. The largest absolute Gasteiger partial charge is 0.465 e. The van der Waals surface area contributed by atoms with E-state index < -0.39 is 0 Å². The van der Waals surface area contributed by atoms with Crippen LogP contribution in [0.1, 0.15) is 46.5 Å². The van der Waals surface area contributed by atoms with Crippen LogP contribution in [0.4, 0.5) is 0 Å². The first-order chi connectivity index (χ1) is 7.04. The van der Waals surface area contributed by atoms with Gasteiger partial charge in [0.25, 0.3) is 0 Å². The van der Waals surface area contributed by atoms with E-state index in [4.69, 9.17) is 4.74 Å². The summed E-state index contributed by atoms with van der Waals surface area (Å²) in [5, 5.41) is 0. The molecule has 2 heteroatoms. The molecule has 2 fully saturated rings. The standard InChI is InChI=1S/C13H22O2/c1-9-4-5-11-8-15-12(14)6-7-13(11,3)10(9)2/h9-11H,4-8H2,1-3H3/t9-,10+,11-,13+/m0/s1. The lowest BCUT2D eigenvalue weighted by atomic mass is 9.57. The van der Waals surface area contributed by atoms with E-state index >= 15 is 0 Å². The van der Waals surface area contributed by atoms with Crippen molar-refractivity contribution >= 4 is 5.97 Å². The van der Waals surface area contributed by atoms with E-state index in [0.29, 0.717) is 30.3 Å². The van der Waals surface area contributed by atoms with Crippen molar-refractivity contribution in [2.45, 2.75) is 46.5 Å². The summed E-state index contributed by atoms with van der Waals surface area (Å²) in [5.41, 5.74) is 0.323. The van der Waals surface area contributed by atoms with Crippen LogP contribution in [0, 0.1) is 23.2 Å². The van der Waals surface area contributed by atoms with Gasteiger partial charge in [0.2, 0.25) is 0 Å². The van der Waals surface area contributed by atoms with Gasteiger partial charge in [-0.25, -0.2) is 0 Å². The highest BCUT2D eigenvalue weighted by Gasteiger charge is 2.46. The van der Waals surface area contributed by atoms with Crippen LogP contribution < -0.4 is 0 Å². The quantitative estimate of drug-likeness (QED) is 0.574. The van der Waals surface area contributed by atoms with Crippen molar-refractivity contribution in [2.24, 2.45) is 23.2 Å². The van der Waals surface area contributed by atoms with Crippen molar-refractivity contribution in [1.82, 2.24) is 0 Å². The monoisotopic (exact) mass is 210 g/mol. The maximum absolute atomic E-state index is 11.3. The van der Waals surface area contributed by atoms with Crippen LogP contribution in [0.15, 0.2) is 0 Å². The third-order valence-electron chi connectivity index (χ3n) is 5.11. The van der Waals surface area contributed by atoms with Gasteiger partial charge in [0.05, 0.1) is 6.61 Å². The molecule has 0 aromatic heterocycles. The summed E-state index contributed by atoms with van der Waals surface area (Å²) < 4.78 is 5.28. The second-order valence-electron chi connectivity index (χ2n) is 5.73. The molecule has 1 saturated heterocycles. The summed E-state index contributed by atoms with van der Waals surface area (Å²) >= 11 is 0. The summed E-state index contributed by atoms with van der Waals surface area (Å²) in [6, 6.07) is 0. The van der Waals surface area contributed by atoms with Gasteiger partial charge in [-0.05, 0) is 36.0 Å². The summed E-state index contributed by atoms with van der Waals surface area (Å²) in [6.45, 7) is 7.72. The Morgan fingerprint density at radius 2 is 2.07 bits per heavy atom. The molecule has 0 aromatic rings. The van der Waals surface area contributed by atoms with Crippen molar-refractivity contribution in [2.75, 3.05) is 6.61 Å². The highest BCUT2D eigenvalue weighted by atomic mass is 16.5. The molecule has 0 spiro atoms. The normalized spacial score (nSPS) is 46.6. The lowest BCUT2D eigenvalue weighted by Gasteiger charge is -2.48. The number of ether oxygens (including phenoxy) is 1. The predicted molar refractivity (Wildman–Crippen MR) is 59.4 cm³/mol. The number of carbonyl (C=O) groups excluding carboxylic acids is 1. The number of hydrogen-bond acceptors (Lipinski definition) is 2. The number of esters is 1. The van der Waals surface area contributed by atoms with E-state index in [1.54, 1.807) is 0 Å². The Hall–Kier alpha value is -0.530. The van der Waals surface area contributed by atoms with E-state index in [2.05, 4.69) is 20.8 Å². The molecule has 0 radical (unpaired) electrons. The van der Waals surface area contributed by atoms with Gasteiger partial charge in [0, 0.05) is 6.42 Å². The van der Waals surface area contributed by atoms with E-state index in [0.717, 1.165) is 12.3 Å². The number of rotatable bonds is 0. The van der Waals surface area contributed by atoms with Gasteiger partial charge in [0.1, 0.15) is 0 Å². The Morgan fingerprint density at radius 3 is 2.80 bits per heavy atom. The molecule has 2 rings (SSSR count). The van der Waals surface area contributed by atoms with E-state index in [1.165, 1.54) is 12.8 Å². The van der Waals surface area contributed by atoms with E-state index in [9.17, 15) is 4.79 Å². The van der Waals surface area contributed by atoms with Crippen molar-refractivity contribution < 1.29 is 9.53 Å². The number of hydrogen-bond donors (Lipinski definition) is 0. The Morgan fingerprint density at radius 1 is 1.33 bits per heavy atom. The fraction of sp³-hybridized carbons (Fsp3) is 0.923. The fourth-order valence-electron chi connectivity index (χ4n) is 3.41. The molecule has 1 aliphatic carbocycles. The number of carbonyl (C=O) groups is 1. The SMILES string of the molecule is C[C@@H]1[C@@H](C)CC[C@H]2COC(=O)CC[C@@]21C. The number of fused-ring (bicyclic) bond motifs is 1. The van der Waals surface area contributed by atoms with Gasteiger partial charge in [-0.15, -0.1) is 0 Å². The molecule has 2 nitrogen and oxygen atoms in total. The zero-order valence-corrected chi connectivity index (χ0v) is 10.1. The maximum atomic E-state index is 11.3. The minimum atomic E-state index is 0.00507. The summed E-state index contributed by atoms with van der Waals surface area (Å²) in [6.07, 6.45) is 4.15. The highest BCUT2D eigenvalue weighted by Crippen LogP contribution is 2.51. The van der Waals surface area contributed by atoms with Crippen LogP contribution in [0.2, 0.25) is 0 Å². The van der Waals surface area contributed by atoms with Crippen LogP contribution in [0.25, 0.3) is 0 Å². The van der Waals surface area contributed by atoms with E-state index in [1.807, 2.05) is 0 Å². The predicted octanol–water partition coefficient (Wildman–Crippen LogP) is 3.01. The van der Waals surface area contributed by atoms with Crippen LogP contribution >= 0.6 is 0 Å². The van der Waals surface area contributed by atoms with Crippen LogP contribution in [-0.2, 0) is 9.53 Å². The maximum Gasteiger partial charge on any atom is 0.305 e. The zero-order valence-electron chi connectivity index (χ0n) is 10.1. The van der Waals surface area contributed by atoms with Crippen LogP contribution in [-0.4, -0.2) is 12.6 Å². The first kappa shape index (κ1) is 11.0. The summed E-state index contributed by atoms with van der Waals surface area (Å²) in [7, 11) is 0. The minimum absolute atomic E-state index is 0.00507. The molecular weight excluding hydrogens is 188 g/mol. The molecule has 15 heavy (non-hydrogen) atoms. The van der Waals surface area contributed by atoms with Crippen molar-refractivity contribution in [1.29, 1.82) is 0 Å². The van der Waals surface area contributed by atoms with Gasteiger partial charge < -0.3 is 4.74 Å². The lowest BCUT2D eigenvalue weighted by Crippen LogP contribution is -2.42. The molecular formula is C13H22O2. The van der Waals surface area contributed by atoms with Crippen LogP contribution in [0.5, 0.6) is 0 Å². The minimum Gasteiger partial charge on any atom is -0.465 e. The Kier molecular flexibility index (Phi) is 2.78. The topological polar surface area (TPSA) is 26.3 Å². The van der Waals surface area contributed by atoms with Gasteiger partial charge in [-0.2, -0.15) is 0 Å². The fourth-order valence-corrected chi connectivity index (χ4v) is 3.41. The summed E-state index contributed by atoms with van der Waals surface area (Å²) in [4.78, 5) is 11.3. The second-order valence-corrected chi connectivity index (χ2v) is 5.73. The molecule has 0 aromatic carbocycles. The molecule has 1 aliphatic heterocycles. The molecule has 0 bridgehead atoms. The molecule has 4 atom stereocenters. The highest BCUT2D eigenvalue weighted by molar-refractivity contribution is 5.69. The molecule has 0 N–H and O–H groups in total. The smallest absolute Gasteiger partial charge is 0.305 e. The average molecular weight is 210 g/mol. The Balaban J connectivity index is 2.21. The molecule has 86 valence electrons. The second kappa shape index (κ2) is 3.80. The average Bonchev–Trinajstić information content (AvgIpc) is 2.36. The van der Waals surface area contributed by atoms with Crippen molar-refractivity contribution in [3.63, 3.8) is 0 Å². The van der Waals surface area contributed by atoms with Crippen molar-refractivity contribution in [3.05, 3.63) is 0 Å². The van der Waals surface area contributed by atoms with Gasteiger partial charge in [-0.1, -0.05) is 27.2 Å². The van der Waals surface area contributed by atoms with Gasteiger partial charge >= 0.3 is 5.97 Å². The Labute approximate surface area is 92.4 Å². The molecule has 2 aliphatic rings. The zero-order chi connectivity index (χ0) is 11.1. The van der Waals surface area contributed by atoms with Gasteiger partial charge in [-0.3, -0.25) is 4.79 Å².